The van der Waals surface area contributed by atoms with Gasteiger partial charge >= 0.3 is 0 Å². The molecule has 4 heterocycles. The predicted molar refractivity (Wildman–Crippen MR) is 117 cm³/mol. The summed E-state index contributed by atoms with van der Waals surface area (Å²) in [4.78, 5) is 22.1. The van der Waals surface area contributed by atoms with Crippen molar-refractivity contribution in [2.45, 2.75) is 26.1 Å². The number of morpholine rings is 1. The van der Waals surface area contributed by atoms with Gasteiger partial charge in [-0.1, -0.05) is 36.4 Å². The maximum atomic E-state index is 13.4. The fourth-order valence-electron chi connectivity index (χ4n) is 4.39. The van der Waals surface area contributed by atoms with Crippen LogP contribution < -0.4 is 0 Å². The molecule has 2 aliphatic rings. The predicted octanol–water partition coefficient (Wildman–Crippen LogP) is 2.36. The van der Waals surface area contributed by atoms with E-state index in [0.29, 0.717) is 38.5 Å². The molecule has 0 unspecified atom stereocenters. The molecule has 1 saturated heterocycles. The molecular formula is C24H27N5O2. The van der Waals surface area contributed by atoms with E-state index in [0.717, 1.165) is 43.0 Å². The highest BCUT2D eigenvalue weighted by atomic mass is 16.5. The molecule has 2 aliphatic heterocycles. The molecule has 2 aromatic heterocycles. The van der Waals surface area contributed by atoms with Gasteiger partial charge in [-0.15, -0.1) is 0 Å². The first-order chi connectivity index (χ1) is 15.3. The zero-order chi connectivity index (χ0) is 21.0. The Morgan fingerprint density at radius 2 is 1.77 bits per heavy atom. The van der Waals surface area contributed by atoms with Crippen molar-refractivity contribution in [3.05, 3.63) is 82.9 Å². The molecule has 31 heavy (non-hydrogen) atoms. The van der Waals surface area contributed by atoms with Gasteiger partial charge < -0.3 is 9.64 Å². The second-order valence-electron chi connectivity index (χ2n) is 8.10. The number of hydrogen-bond donors (Lipinski definition) is 0. The van der Waals surface area contributed by atoms with Gasteiger partial charge in [-0.05, 0) is 17.7 Å². The van der Waals surface area contributed by atoms with E-state index in [1.165, 1.54) is 5.56 Å². The smallest absolute Gasteiger partial charge is 0.274 e. The van der Waals surface area contributed by atoms with Gasteiger partial charge in [0, 0.05) is 56.6 Å². The first-order valence-electron chi connectivity index (χ1n) is 10.9. The minimum Gasteiger partial charge on any atom is -0.378 e. The van der Waals surface area contributed by atoms with E-state index in [2.05, 4.69) is 34.1 Å². The lowest BCUT2D eigenvalue weighted by atomic mass is 10.0. The molecule has 0 atom stereocenters. The average molecular weight is 418 g/mol. The van der Waals surface area contributed by atoms with E-state index in [9.17, 15) is 4.79 Å². The number of aromatic nitrogens is 3. The van der Waals surface area contributed by atoms with Crippen LogP contribution in [0.1, 0.15) is 33.0 Å². The topological polar surface area (TPSA) is 63.5 Å². The Balaban J connectivity index is 1.44. The monoisotopic (exact) mass is 417 g/mol. The number of carbonyl (C=O) groups is 1. The van der Waals surface area contributed by atoms with Crippen molar-refractivity contribution in [1.82, 2.24) is 24.6 Å². The summed E-state index contributed by atoms with van der Waals surface area (Å²) in [5.41, 5.74) is 5.05. The van der Waals surface area contributed by atoms with Gasteiger partial charge in [0.25, 0.3) is 5.91 Å². The van der Waals surface area contributed by atoms with Gasteiger partial charge in [0.2, 0.25) is 0 Å². The largest absolute Gasteiger partial charge is 0.378 e. The molecule has 0 saturated carbocycles. The Kier molecular flexibility index (Phi) is 5.78. The van der Waals surface area contributed by atoms with Gasteiger partial charge in [0.05, 0.1) is 25.5 Å². The Morgan fingerprint density at radius 3 is 2.55 bits per heavy atom. The van der Waals surface area contributed by atoms with E-state index in [1.54, 1.807) is 6.20 Å². The van der Waals surface area contributed by atoms with Gasteiger partial charge in [-0.25, -0.2) is 0 Å². The first kappa shape index (κ1) is 19.9. The molecule has 5 rings (SSSR count). The summed E-state index contributed by atoms with van der Waals surface area (Å²) in [7, 11) is 0. The molecule has 1 amide bonds. The number of pyridine rings is 1. The summed E-state index contributed by atoms with van der Waals surface area (Å²) in [5.74, 6) is 0.0147. The Labute approximate surface area is 182 Å². The summed E-state index contributed by atoms with van der Waals surface area (Å²) >= 11 is 0. The van der Waals surface area contributed by atoms with E-state index >= 15 is 0 Å². The summed E-state index contributed by atoms with van der Waals surface area (Å²) in [6.45, 7) is 5.54. The number of carbonyl (C=O) groups excluding carboxylic acids is 1. The quantitative estimate of drug-likeness (QED) is 0.638. The SMILES string of the molecule is O=C(c1nn(Cc2ccccn2)c2c1CN(Cc1ccccc1)CC2)N1CCOCC1. The van der Waals surface area contributed by atoms with Gasteiger partial charge in [-0.3, -0.25) is 19.4 Å². The van der Waals surface area contributed by atoms with Gasteiger partial charge in [0.1, 0.15) is 0 Å². The average Bonchev–Trinajstić information content (AvgIpc) is 3.18. The van der Waals surface area contributed by atoms with Crippen molar-refractivity contribution in [3.8, 4) is 0 Å². The molecule has 3 aromatic rings. The van der Waals surface area contributed by atoms with Crippen LogP contribution >= 0.6 is 0 Å². The van der Waals surface area contributed by atoms with E-state index in [4.69, 9.17) is 9.84 Å². The highest BCUT2D eigenvalue weighted by molar-refractivity contribution is 5.94. The number of rotatable bonds is 5. The number of fused-ring (bicyclic) bond motifs is 1. The lowest BCUT2D eigenvalue weighted by Gasteiger charge is -2.29. The minimum absolute atomic E-state index is 0.0147. The van der Waals surface area contributed by atoms with Crippen molar-refractivity contribution in [2.24, 2.45) is 0 Å². The normalized spacial score (nSPS) is 16.8. The van der Waals surface area contributed by atoms with Crippen LogP contribution in [-0.4, -0.2) is 63.3 Å². The Morgan fingerprint density at radius 1 is 0.968 bits per heavy atom. The molecule has 1 fully saturated rings. The van der Waals surface area contributed by atoms with Gasteiger partial charge in [-0.2, -0.15) is 5.10 Å². The second-order valence-corrected chi connectivity index (χ2v) is 8.10. The van der Waals surface area contributed by atoms with Crippen LogP contribution in [0.15, 0.2) is 54.7 Å². The fourth-order valence-corrected chi connectivity index (χ4v) is 4.39. The highest BCUT2D eigenvalue weighted by Gasteiger charge is 2.31. The van der Waals surface area contributed by atoms with Crippen molar-refractivity contribution >= 4 is 5.91 Å². The maximum absolute atomic E-state index is 13.4. The van der Waals surface area contributed by atoms with Crippen LogP contribution in [0.2, 0.25) is 0 Å². The van der Waals surface area contributed by atoms with Crippen molar-refractivity contribution in [2.75, 3.05) is 32.8 Å². The van der Waals surface area contributed by atoms with E-state index < -0.39 is 0 Å². The molecule has 7 nitrogen and oxygen atoms in total. The van der Waals surface area contributed by atoms with E-state index in [1.807, 2.05) is 33.8 Å². The number of nitrogens with zero attached hydrogens (tertiary/aromatic N) is 5. The zero-order valence-electron chi connectivity index (χ0n) is 17.6. The molecule has 1 aromatic carbocycles. The summed E-state index contributed by atoms with van der Waals surface area (Å²) in [5, 5.41) is 4.82. The number of benzene rings is 1. The maximum Gasteiger partial charge on any atom is 0.274 e. The number of ether oxygens (including phenoxy) is 1. The van der Waals surface area contributed by atoms with Crippen LogP contribution in [-0.2, 0) is 30.8 Å². The van der Waals surface area contributed by atoms with Crippen LogP contribution in [0, 0.1) is 0 Å². The summed E-state index contributed by atoms with van der Waals surface area (Å²) < 4.78 is 7.42. The Bertz CT molecular complexity index is 1030. The molecule has 7 heteroatoms. The second kappa shape index (κ2) is 8.99. The summed E-state index contributed by atoms with van der Waals surface area (Å²) in [6, 6.07) is 16.4. The van der Waals surface area contributed by atoms with Crippen LogP contribution in [0.5, 0.6) is 0 Å². The third-order valence-corrected chi connectivity index (χ3v) is 6.00. The number of hydrogen-bond acceptors (Lipinski definition) is 5. The van der Waals surface area contributed by atoms with Crippen LogP contribution in [0.3, 0.4) is 0 Å². The molecule has 160 valence electrons. The van der Waals surface area contributed by atoms with Crippen molar-refractivity contribution in [1.29, 1.82) is 0 Å². The van der Waals surface area contributed by atoms with E-state index in [-0.39, 0.29) is 5.91 Å². The lowest BCUT2D eigenvalue weighted by Crippen LogP contribution is -2.41. The highest BCUT2D eigenvalue weighted by Crippen LogP contribution is 2.26. The van der Waals surface area contributed by atoms with Crippen LogP contribution in [0.25, 0.3) is 0 Å². The molecule has 0 N–H and O–H groups in total. The Hall–Kier alpha value is -3.03. The molecule has 0 bridgehead atoms. The van der Waals surface area contributed by atoms with Gasteiger partial charge in [0.15, 0.2) is 5.69 Å². The molecular weight excluding hydrogens is 390 g/mol. The fraction of sp³-hybridized carbons (Fsp3) is 0.375. The third kappa shape index (κ3) is 4.38. The van der Waals surface area contributed by atoms with Crippen molar-refractivity contribution in [3.63, 3.8) is 0 Å². The zero-order valence-corrected chi connectivity index (χ0v) is 17.6. The van der Waals surface area contributed by atoms with Crippen LogP contribution in [0.4, 0.5) is 0 Å². The number of amides is 1. The third-order valence-electron chi connectivity index (χ3n) is 6.00. The molecule has 0 radical (unpaired) electrons. The molecule has 0 spiro atoms. The van der Waals surface area contributed by atoms with Crippen molar-refractivity contribution < 1.29 is 9.53 Å². The standard InChI is InChI=1S/C24H27N5O2/c30-24(28-12-14-31-15-13-28)23-21-18-27(16-19-6-2-1-3-7-19)11-9-22(21)29(26-23)17-20-8-4-5-10-25-20/h1-8,10H,9,11-18H2. The minimum atomic E-state index is 0.0147. The summed E-state index contributed by atoms with van der Waals surface area (Å²) in [6.07, 6.45) is 2.67. The molecule has 0 aliphatic carbocycles. The lowest BCUT2D eigenvalue weighted by molar-refractivity contribution is 0.0297. The first-order valence-corrected chi connectivity index (χ1v) is 10.9.